The zero-order valence-corrected chi connectivity index (χ0v) is 24.1. The first-order chi connectivity index (χ1) is 19.2. The van der Waals surface area contributed by atoms with Gasteiger partial charge in [0.25, 0.3) is 0 Å². The number of carboxylic acid groups (broad SMARTS) is 1. The summed E-state index contributed by atoms with van der Waals surface area (Å²) in [7, 11) is 0. The van der Waals surface area contributed by atoms with Crippen molar-refractivity contribution in [3.63, 3.8) is 0 Å². The van der Waals surface area contributed by atoms with Crippen LogP contribution in [0.15, 0.2) is 34.9 Å². The molecule has 210 valence electrons. The highest BCUT2D eigenvalue weighted by Crippen LogP contribution is 2.45. The summed E-state index contributed by atoms with van der Waals surface area (Å²) >= 11 is 13.9. The van der Waals surface area contributed by atoms with Crippen molar-refractivity contribution in [2.75, 3.05) is 0 Å². The Morgan fingerprint density at radius 3 is 2.55 bits per heavy atom. The van der Waals surface area contributed by atoms with Gasteiger partial charge in [0, 0.05) is 11.5 Å². The van der Waals surface area contributed by atoms with Gasteiger partial charge in [-0.15, -0.1) is 11.3 Å². The summed E-state index contributed by atoms with van der Waals surface area (Å²) in [6.07, 6.45) is 4.41. The highest BCUT2D eigenvalue weighted by atomic mass is 35.5. The summed E-state index contributed by atoms with van der Waals surface area (Å²) in [5.41, 5.74) is 2.25. The number of carbonyl (C=O) groups is 1. The Bertz CT molecular complexity index is 1550. The van der Waals surface area contributed by atoms with E-state index < -0.39 is 11.6 Å². The molecule has 2 aliphatic carbocycles. The van der Waals surface area contributed by atoms with Crippen molar-refractivity contribution in [2.24, 2.45) is 0 Å². The van der Waals surface area contributed by atoms with Gasteiger partial charge >= 0.3 is 5.97 Å². The molecule has 40 heavy (non-hydrogen) atoms. The second-order valence-corrected chi connectivity index (χ2v) is 12.4. The highest BCUT2D eigenvalue weighted by molar-refractivity contribution is 7.18. The predicted molar refractivity (Wildman–Crippen MR) is 152 cm³/mol. The van der Waals surface area contributed by atoms with E-state index in [9.17, 15) is 15.0 Å². The number of benzene rings is 2. The van der Waals surface area contributed by atoms with E-state index in [1.165, 1.54) is 11.3 Å². The summed E-state index contributed by atoms with van der Waals surface area (Å²) in [6.45, 7) is 2.34. The van der Waals surface area contributed by atoms with Crippen LogP contribution >= 0.6 is 34.5 Å². The minimum absolute atomic E-state index is 0.0382. The second-order valence-electron chi connectivity index (χ2n) is 10.6. The summed E-state index contributed by atoms with van der Waals surface area (Å²) in [4.78, 5) is 16.2. The van der Waals surface area contributed by atoms with E-state index in [4.69, 9.17) is 42.2 Å². The molecule has 11 heteroatoms. The number of aromatic carboxylic acids is 1. The predicted octanol–water partition coefficient (Wildman–Crippen LogP) is 7.40. The van der Waals surface area contributed by atoms with E-state index in [1.807, 2.05) is 6.92 Å². The van der Waals surface area contributed by atoms with Crippen molar-refractivity contribution in [1.29, 1.82) is 0 Å². The number of para-hydroxylation sites is 1. The van der Waals surface area contributed by atoms with Gasteiger partial charge in [0.15, 0.2) is 5.75 Å². The number of aromatic nitrogens is 2. The molecule has 4 aromatic rings. The topological polar surface area (TPSA) is 115 Å². The van der Waals surface area contributed by atoms with Gasteiger partial charge in [0.1, 0.15) is 28.7 Å². The van der Waals surface area contributed by atoms with Gasteiger partial charge in [0.2, 0.25) is 0 Å². The van der Waals surface area contributed by atoms with E-state index in [-0.39, 0.29) is 18.3 Å². The first kappa shape index (κ1) is 27.5. The maximum absolute atomic E-state index is 11.5. The maximum Gasteiger partial charge on any atom is 0.335 e. The molecule has 0 unspecified atom stereocenters. The Morgan fingerprint density at radius 2 is 1.88 bits per heavy atom. The van der Waals surface area contributed by atoms with Crippen LogP contribution in [0.2, 0.25) is 10.0 Å². The standard InChI is InChI=1S/C29H28Cl2N2O6S/c1-15-11-17(27(34)35)12-23-24(15)32-28(40-23)29(36)9-7-18(8-10-29)37-13-19-22(33-39-25(19)16-5-6-16)14-38-26-20(30)3-2-4-21(26)31/h2-4,11-12,16,18,36H,5-10,13-14H2,1H3,(H,34,35). The van der Waals surface area contributed by atoms with Gasteiger partial charge in [-0.2, -0.15) is 0 Å². The van der Waals surface area contributed by atoms with Gasteiger partial charge < -0.3 is 24.2 Å². The Balaban J connectivity index is 1.12. The largest absolute Gasteiger partial charge is 0.484 e. The van der Waals surface area contributed by atoms with E-state index in [2.05, 4.69) is 5.16 Å². The van der Waals surface area contributed by atoms with Crippen molar-refractivity contribution in [3.8, 4) is 5.75 Å². The molecular weight excluding hydrogens is 575 g/mol. The van der Waals surface area contributed by atoms with Crippen molar-refractivity contribution in [1.82, 2.24) is 10.1 Å². The number of ether oxygens (including phenoxy) is 2. The van der Waals surface area contributed by atoms with Crippen LogP contribution in [0.25, 0.3) is 10.2 Å². The summed E-state index contributed by atoms with van der Waals surface area (Å²) in [5.74, 6) is 0.631. The molecule has 0 spiro atoms. The molecule has 0 aliphatic heterocycles. The monoisotopic (exact) mass is 602 g/mol. The van der Waals surface area contributed by atoms with Crippen LogP contribution in [0.5, 0.6) is 5.75 Å². The number of fused-ring (bicyclic) bond motifs is 1. The number of aryl methyl sites for hydroxylation is 1. The SMILES string of the molecule is Cc1cc(C(=O)O)cc2sc(C3(O)CCC(OCc4c(COc5c(Cl)cccc5Cl)noc4C4CC4)CC3)nc12. The number of carboxylic acids is 1. The van der Waals surface area contributed by atoms with Gasteiger partial charge in [-0.05, 0) is 75.3 Å². The Morgan fingerprint density at radius 1 is 1.15 bits per heavy atom. The summed E-state index contributed by atoms with van der Waals surface area (Å²) in [5, 5.41) is 26.6. The zero-order chi connectivity index (χ0) is 28.0. The van der Waals surface area contributed by atoms with E-state index >= 15 is 0 Å². The number of thiazole rings is 1. The average molecular weight is 604 g/mol. The fourth-order valence-corrected chi connectivity index (χ4v) is 6.96. The first-order valence-corrected chi connectivity index (χ1v) is 14.8. The van der Waals surface area contributed by atoms with E-state index in [0.717, 1.165) is 39.9 Å². The van der Waals surface area contributed by atoms with Crippen LogP contribution in [-0.4, -0.2) is 32.4 Å². The molecule has 2 saturated carbocycles. The molecule has 0 amide bonds. The van der Waals surface area contributed by atoms with Gasteiger partial charge in [0.05, 0.1) is 38.5 Å². The highest BCUT2D eigenvalue weighted by Gasteiger charge is 2.39. The van der Waals surface area contributed by atoms with Crippen LogP contribution in [0.3, 0.4) is 0 Å². The molecule has 2 aromatic heterocycles. The quantitative estimate of drug-likeness (QED) is 0.203. The molecule has 2 fully saturated rings. The number of hydrogen-bond donors (Lipinski definition) is 2. The Hall–Kier alpha value is -2.69. The molecule has 8 nitrogen and oxygen atoms in total. The molecule has 2 aromatic carbocycles. The van der Waals surface area contributed by atoms with Crippen molar-refractivity contribution < 1.29 is 29.0 Å². The minimum Gasteiger partial charge on any atom is -0.484 e. The molecule has 0 bridgehead atoms. The smallest absolute Gasteiger partial charge is 0.335 e. The van der Waals surface area contributed by atoms with E-state index in [1.54, 1.807) is 30.3 Å². The fraction of sp³-hybridized carbons (Fsp3) is 0.414. The molecule has 0 atom stereocenters. The molecule has 2 aliphatic rings. The Kier molecular flexibility index (Phi) is 7.52. The third kappa shape index (κ3) is 5.45. The fourth-order valence-electron chi connectivity index (χ4n) is 5.22. The lowest BCUT2D eigenvalue weighted by molar-refractivity contribution is -0.0643. The van der Waals surface area contributed by atoms with Crippen molar-refractivity contribution in [2.45, 2.75) is 76.3 Å². The van der Waals surface area contributed by atoms with Crippen LogP contribution in [0.4, 0.5) is 0 Å². The first-order valence-electron chi connectivity index (χ1n) is 13.2. The number of hydrogen-bond acceptors (Lipinski definition) is 8. The molecular formula is C29H28Cl2N2O6S. The average Bonchev–Trinajstić information content (AvgIpc) is 3.53. The molecule has 0 radical (unpaired) electrons. The molecule has 2 heterocycles. The second kappa shape index (κ2) is 10.9. The third-order valence-electron chi connectivity index (χ3n) is 7.67. The van der Waals surface area contributed by atoms with Crippen LogP contribution in [0, 0.1) is 6.92 Å². The van der Waals surface area contributed by atoms with Crippen LogP contribution < -0.4 is 4.74 Å². The maximum atomic E-state index is 11.5. The van der Waals surface area contributed by atoms with Gasteiger partial charge in [-0.25, -0.2) is 9.78 Å². The van der Waals surface area contributed by atoms with Gasteiger partial charge in [-0.1, -0.05) is 34.4 Å². The van der Waals surface area contributed by atoms with Gasteiger partial charge in [-0.3, -0.25) is 0 Å². The molecule has 2 N–H and O–H groups in total. The van der Waals surface area contributed by atoms with Crippen molar-refractivity contribution in [3.05, 3.63) is 73.5 Å². The number of halogens is 2. The zero-order valence-electron chi connectivity index (χ0n) is 21.8. The minimum atomic E-state index is -1.07. The molecule has 0 saturated heterocycles. The number of rotatable bonds is 9. The summed E-state index contributed by atoms with van der Waals surface area (Å²) in [6, 6.07) is 8.44. The third-order valence-corrected chi connectivity index (χ3v) is 9.46. The number of nitrogens with zero attached hydrogens (tertiary/aromatic N) is 2. The normalized spacial score (nSPS) is 21.1. The van der Waals surface area contributed by atoms with Crippen molar-refractivity contribution >= 4 is 50.7 Å². The van der Waals surface area contributed by atoms with Crippen LogP contribution in [0.1, 0.15) is 82.4 Å². The lowest BCUT2D eigenvalue weighted by atomic mass is 9.83. The summed E-state index contributed by atoms with van der Waals surface area (Å²) < 4.78 is 18.7. The van der Waals surface area contributed by atoms with Crippen LogP contribution in [-0.2, 0) is 23.6 Å². The number of aliphatic hydroxyl groups is 1. The Labute approximate surface area is 244 Å². The lowest BCUT2D eigenvalue weighted by Gasteiger charge is -2.34. The molecule has 6 rings (SSSR count). The van der Waals surface area contributed by atoms with E-state index in [0.29, 0.717) is 64.7 Å². The lowest BCUT2D eigenvalue weighted by Crippen LogP contribution is -2.34.